The Balaban J connectivity index is 1.88. The Morgan fingerprint density at radius 1 is 1.25 bits per heavy atom. The summed E-state index contributed by atoms with van der Waals surface area (Å²) in [4.78, 5) is 5.84. The maximum atomic E-state index is 13.1. The number of halogens is 1. The first kappa shape index (κ1) is 21.9. The number of nitrogens with one attached hydrogen (secondary N) is 1. The van der Waals surface area contributed by atoms with E-state index in [0.717, 1.165) is 38.5 Å². The Morgan fingerprint density at radius 2 is 1.89 bits per heavy atom. The molecule has 1 aliphatic heterocycles. The average Bonchev–Trinajstić information content (AvgIpc) is 2.93. The topological polar surface area (TPSA) is 82.0 Å². The first-order valence-corrected chi connectivity index (χ1v) is 12.5. The maximum absolute atomic E-state index is 13.1. The van der Waals surface area contributed by atoms with Gasteiger partial charge in [0.05, 0.1) is 10.8 Å². The van der Waals surface area contributed by atoms with Crippen molar-refractivity contribution >= 4 is 38.6 Å². The Bertz CT molecular complexity index is 839. The van der Waals surface area contributed by atoms with E-state index in [1.807, 2.05) is 0 Å². The third-order valence-corrected chi connectivity index (χ3v) is 8.81. The zero-order chi connectivity index (χ0) is 20.4. The summed E-state index contributed by atoms with van der Waals surface area (Å²) in [5, 5.41) is 12.0. The maximum Gasteiger partial charge on any atom is 0.242 e. The third-order valence-electron chi connectivity index (χ3n) is 5.55. The number of nitrogens with zero attached hydrogens (tertiary/aromatic N) is 2. The molecule has 156 valence electrons. The second-order valence-corrected chi connectivity index (χ2v) is 10.5. The highest BCUT2D eigenvalue weighted by atomic mass is 35.5. The Kier molecular flexibility index (Phi) is 6.97. The van der Waals surface area contributed by atoms with Gasteiger partial charge in [0.25, 0.3) is 0 Å². The van der Waals surface area contributed by atoms with Crippen molar-refractivity contribution in [1.29, 1.82) is 0 Å². The molecule has 1 aliphatic carbocycles. The summed E-state index contributed by atoms with van der Waals surface area (Å²) in [6, 6.07) is 4.63. The van der Waals surface area contributed by atoms with Crippen molar-refractivity contribution in [2.75, 3.05) is 19.8 Å². The third kappa shape index (κ3) is 4.51. The van der Waals surface area contributed by atoms with Gasteiger partial charge in [-0.3, -0.25) is 4.99 Å². The second kappa shape index (κ2) is 8.92. The van der Waals surface area contributed by atoms with Crippen LogP contribution in [0.3, 0.4) is 0 Å². The van der Waals surface area contributed by atoms with Crippen LogP contribution in [0.2, 0.25) is 5.02 Å². The van der Waals surface area contributed by atoms with Crippen LogP contribution >= 0.6 is 23.4 Å². The Labute approximate surface area is 176 Å². The number of amidine groups is 1. The van der Waals surface area contributed by atoms with E-state index in [2.05, 4.69) is 9.71 Å². The summed E-state index contributed by atoms with van der Waals surface area (Å²) in [7, 11) is -0.367. The summed E-state index contributed by atoms with van der Waals surface area (Å²) < 4.78 is 29.0. The highest BCUT2D eigenvalue weighted by molar-refractivity contribution is 8.14. The lowest BCUT2D eigenvalue weighted by Crippen LogP contribution is -2.42. The number of thioether (sulfide) groups is 1. The van der Waals surface area contributed by atoms with Gasteiger partial charge < -0.3 is 10.0 Å². The average molecular weight is 446 g/mol. The highest BCUT2D eigenvalue weighted by Crippen LogP contribution is 2.39. The van der Waals surface area contributed by atoms with Crippen molar-refractivity contribution in [3.8, 4) is 0 Å². The van der Waals surface area contributed by atoms with Crippen LogP contribution in [0.15, 0.2) is 28.1 Å². The van der Waals surface area contributed by atoms with Gasteiger partial charge in [0, 0.05) is 25.7 Å². The molecule has 3 rings (SSSR count). The van der Waals surface area contributed by atoms with E-state index in [9.17, 15) is 13.5 Å². The molecule has 1 heterocycles. The molecule has 1 aromatic rings. The lowest BCUT2D eigenvalue weighted by Gasteiger charge is -2.31. The minimum atomic E-state index is -3.78. The van der Waals surface area contributed by atoms with E-state index >= 15 is 0 Å². The van der Waals surface area contributed by atoms with Gasteiger partial charge in [-0.25, -0.2) is 13.1 Å². The van der Waals surface area contributed by atoms with Crippen LogP contribution in [0, 0.1) is 0 Å². The first-order valence-electron chi connectivity index (χ1n) is 9.66. The van der Waals surface area contributed by atoms with E-state index in [0.29, 0.717) is 16.5 Å². The van der Waals surface area contributed by atoms with Crippen molar-refractivity contribution in [2.45, 2.75) is 61.6 Å². The SMILES string of the molecule is CN=C1SCC(O)(c2ccc(Cl)c(S(=O)(=O)NC3CCCCCCC3)c2)N1C. The fraction of sp³-hybridized carbons (Fsp3) is 0.632. The van der Waals surface area contributed by atoms with Gasteiger partial charge in [-0.05, 0) is 25.0 Å². The number of aliphatic imine (C=N–C) groups is 1. The molecule has 0 amide bonds. The molecule has 1 aromatic carbocycles. The molecule has 6 nitrogen and oxygen atoms in total. The highest BCUT2D eigenvalue weighted by Gasteiger charge is 2.43. The van der Waals surface area contributed by atoms with Gasteiger partial charge >= 0.3 is 0 Å². The second-order valence-electron chi connectivity index (χ2n) is 7.48. The van der Waals surface area contributed by atoms with E-state index in [4.69, 9.17) is 11.6 Å². The van der Waals surface area contributed by atoms with E-state index < -0.39 is 15.7 Å². The van der Waals surface area contributed by atoms with Crippen molar-refractivity contribution < 1.29 is 13.5 Å². The smallest absolute Gasteiger partial charge is 0.242 e. The van der Waals surface area contributed by atoms with Gasteiger partial charge in [0.1, 0.15) is 4.90 Å². The minimum Gasteiger partial charge on any atom is -0.366 e. The molecule has 0 radical (unpaired) electrons. The van der Waals surface area contributed by atoms with Crippen molar-refractivity contribution in [3.05, 3.63) is 28.8 Å². The molecule has 0 aromatic heterocycles. The van der Waals surface area contributed by atoms with Crippen LogP contribution in [0.1, 0.15) is 50.5 Å². The summed E-state index contributed by atoms with van der Waals surface area (Å²) in [5.74, 6) is 0.368. The number of aliphatic hydroxyl groups is 1. The minimum absolute atomic E-state index is 0.0161. The molecule has 1 unspecified atom stereocenters. The van der Waals surface area contributed by atoms with Crippen LogP contribution in [-0.2, 0) is 15.7 Å². The number of benzene rings is 1. The molecule has 2 fully saturated rings. The summed E-state index contributed by atoms with van der Waals surface area (Å²) in [5.41, 5.74) is -0.835. The molecule has 0 bridgehead atoms. The van der Waals surface area contributed by atoms with Crippen LogP contribution in [0.5, 0.6) is 0 Å². The zero-order valence-corrected chi connectivity index (χ0v) is 18.7. The lowest BCUT2D eigenvalue weighted by atomic mass is 9.97. The fourth-order valence-corrected chi connectivity index (χ4v) is 6.82. The Hall–Kier alpha value is -0.800. The molecule has 1 saturated carbocycles. The normalized spacial score (nSPS) is 26.4. The largest absolute Gasteiger partial charge is 0.366 e. The van der Waals surface area contributed by atoms with E-state index in [1.54, 1.807) is 31.1 Å². The molecule has 1 saturated heterocycles. The van der Waals surface area contributed by atoms with Gasteiger partial charge in [0.15, 0.2) is 10.9 Å². The Morgan fingerprint density at radius 3 is 2.50 bits per heavy atom. The monoisotopic (exact) mass is 445 g/mol. The quantitative estimate of drug-likeness (QED) is 0.740. The van der Waals surface area contributed by atoms with Crippen molar-refractivity contribution in [1.82, 2.24) is 9.62 Å². The first-order chi connectivity index (χ1) is 13.3. The molecule has 2 N–H and O–H groups in total. The standard InChI is InChI=1S/C19H28ClN3O3S2/c1-21-18-23(2)19(24,13-27-18)14-10-11-16(20)17(12-14)28(25,26)22-15-8-6-4-3-5-7-9-15/h10-12,15,22,24H,3-9,13H2,1-2H3. The van der Waals surface area contributed by atoms with Crippen LogP contribution < -0.4 is 4.72 Å². The summed E-state index contributed by atoms with van der Waals surface area (Å²) in [6.45, 7) is 0. The predicted molar refractivity (Wildman–Crippen MR) is 115 cm³/mol. The number of rotatable bonds is 4. The molecule has 1 atom stereocenters. The molecular formula is C19H28ClN3O3S2. The summed E-state index contributed by atoms with van der Waals surface area (Å²) >= 11 is 7.69. The predicted octanol–water partition coefficient (Wildman–Crippen LogP) is 3.54. The van der Waals surface area contributed by atoms with Crippen molar-refractivity contribution in [2.24, 2.45) is 4.99 Å². The molecule has 9 heteroatoms. The fourth-order valence-electron chi connectivity index (χ4n) is 3.82. The van der Waals surface area contributed by atoms with Crippen molar-refractivity contribution in [3.63, 3.8) is 0 Å². The van der Waals surface area contributed by atoms with E-state index in [-0.39, 0.29) is 16.0 Å². The van der Waals surface area contributed by atoms with Crippen LogP contribution in [-0.4, -0.2) is 49.5 Å². The van der Waals surface area contributed by atoms with Gasteiger partial charge in [-0.1, -0.05) is 61.5 Å². The van der Waals surface area contributed by atoms with Gasteiger partial charge in [-0.15, -0.1) is 0 Å². The lowest BCUT2D eigenvalue weighted by molar-refractivity contribution is -0.0349. The van der Waals surface area contributed by atoms with E-state index in [1.165, 1.54) is 24.2 Å². The van der Waals surface area contributed by atoms with Crippen LogP contribution in [0.25, 0.3) is 0 Å². The molecule has 28 heavy (non-hydrogen) atoms. The molecular weight excluding hydrogens is 418 g/mol. The zero-order valence-electron chi connectivity index (χ0n) is 16.3. The summed E-state index contributed by atoms with van der Waals surface area (Å²) in [6.07, 6.45) is 7.26. The van der Waals surface area contributed by atoms with Gasteiger partial charge in [-0.2, -0.15) is 0 Å². The molecule has 2 aliphatic rings. The number of sulfonamides is 1. The number of hydrogen-bond acceptors (Lipinski definition) is 5. The number of hydrogen-bond donors (Lipinski definition) is 2. The van der Waals surface area contributed by atoms with Gasteiger partial charge in [0.2, 0.25) is 10.0 Å². The molecule has 0 spiro atoms. The van der Waals surface area contributed by atoms with Crippen LogP contribution in [0.4, 0.5) is 0 Å².